The smallest absolute Gasteiger partial charge is 0.277 e. The second kappa shape index (κ2) is 11.3. The Kier molecular flexibility index (Phi) is 7.31. The minimum atomic E-state index is -0.338. The van der Waals surface area contributed by atoms with Crippen molar-refractivity contribution < 1.29 is 5.43 Å². The summed E-state index contributed by atoms with van der Waals surface area (Å²) < 4.78 is 0. The van der Waals surface area contributed by atoms with Crippen LogP contribution in [0.2, 0.25) is 0 Å². The second-order valence-electron chi connectivity index (χ2n) is 10.5. The van der Waals surface area contributed by atoms with Crippen LogP contribution in [0.5, 0.6) is 0 Å². The van der Waals surface area contributed by atoms with Crippen molar-refractivity contribution in [3.63, 3.8) is 0 Å². The summed E-state index contributed by atoms with van der Waals surface area (Å²) in [6.45, 7) is 4.47. The summed E-state index contributed by atoms with van der Waals surface area (Å²) in [7, 11) is 0. The highest BCUT2D eigenvalue weighted by molar-refractivity contribution is 5.90. The van der Waals surface area contributed by atoms with Crippen LogP contribution >= 0.6 is 0 Å². The lowest BCUT2D eigenvalue weighted by Crippen LogP contribution is -2.95. The molecular formula is C26H33N12O+. The molecule has 0 atom stereocenters. The number of hydrazine groups is 1. The minimum Gasteiger partial charge on any atom is -0.341 e. The van der Waals surface area contributed by atoms with E-state index in [0.29, 0.717) is 41.7 Å². The van der Waals surface area contributed by atoms with Crippen molar-refractivity contribution in [2.24, 2.45) is 16.9 Å². The highest BCUT2D eigenvalue weighted by atomic mass is 16.1. The summed E-state index contributed by atoms with van der Waals surface area (Å²) in [4.78, 5) is 26.6. The Morgan fingerprint density at radius 3 is 2.59 bits per heavy atom. The lowest BCUT2D eigenvalue weighted by Gasteiger charge is -2.31. The number of hydrazone groups is 1. The third-order valence-electron chi connectivity index (χ3n) is 7.80. The van der Waals surface area contributed by atoms with Gasteiger partial charge >= 0.3 is 0 Å². The van der Waals surface area contributed by atoms with Gasteiger partial charge in [-0.05, 0) is 62.4 Å². The molecule has 6 rings (SSSR count). The quantitative estimate of drug-likeness (QED) is 0.275. The first-order valence-corrected chi connectivity index (χ1v) is 13.5. The van der Waals surface area contributed by atoms with Crippen LogP contribution in [0.4, 0.5) is 17.5 Å². The highest BCUT2D eigenvalue weighted by Gasteiger charge is 2.24. The van der Waals surface area contributed by atoms with Gasteiger partial charge in [0, 0.05) is 37.7 Å². The molecule has 2 aromatic heterocycles. The van der Waals surface area contributed by atoms with Crippen molar-refractivity contribution in [2.45, 2.75) is 38.6 Å². The van der Waals surface area contributed by atoms with E-state index in [1.54, 1.807) is 6.20 Å². The van der Waals surface area contributed by atoms with Crippen molar-refractivity contribution in [1.29, 1.82) is 5.26 Å². The number of rotatable bonds is 7. The zero-order valence-corrected chi connectivity index (χ0v) is 21.7. The predicted octanol–water partition coefficient (Wildman–Crippen LogP) is 0.698. The first-order valence-electron chi connectivity index (χ1n) is 13.5. The van der Waals surface area contributed by atoms with E-state index >= 15 is 0 Å². The maximum atomic E-state index is 12.6. The van der Waals surface area contributed by atoms with Crippen LogP contribution in [0.1, 0.15) is 37.7 Å². The number of hydrogen-bond acceptors (Lipinski definition) is 11. The number of aromatic nitrogens is 4. The Labute approximate surface area is 225 Å². The number of nitriles is 1. The maximum absolute atomic E-state index is 12.6. The standard InChI is InChI=1S/C26H32N12O/c27-14-18-7-11-38(12-8-18)26-30-21-15-28-34-25(39)23(21)24(31-26)29-20-3-1-19(2-4-20)16-37-9-5-17(6-10-37)13-22-32-35-36-33-22/h1-4,15,17-18,35-36H,5-13,16H2,(H,32,33)(H,34,39)(H,29,30,31)/p+1. The number of nitrogens with two attached hydrogens (primary N) is 1. The van der Waals surface area contributed by atoms with E-state index in [0.717, 1.165) is 50.4 Å². The van der Waals surface area contributed by atoms with Crippen LogP contribution in [-0.2, 0) is 6.54 Å². The average Bonchev–Trinajstić information content (AvgIpc) is 3.48. The Hall–Kier alpha value is -4.12. The third kappa shape index (κ3) is 5.83. The number of aromatic amines is 1. The van der Waals surface area contributed by atoms with Gasteiger partial charge in [-0.15, -0.1) is 5.10 Å². The van der Waals surface area contributed by atoms with Gasteiger partial charge in [-0.25, -0.2) is 15.5 Å². The van der Waals surface area contributed by atoms with E-state index in [-0.39, 0.29) is 11.5 Å². The number of hydrogen-bond donors (Lipinski definition) is 5. The van der Waals surface area contributed by atoms with Crippen LogP contribution < -0.4 is 32.3 Å². The fourth-order valence-corrected chi connectivity index (χ4v) is 5.52. The zero-order chi connectivity index (χ0) is 26.6. The van der Waals surface area contributed by atoms with Gasteiger partial charge in [0.15, 0.2) is 0 Å². The maximum Gasteiger partial charge on any atom is 0.277 e. The van der Waals surface area contributed by atoms with Gasteiger partial charge in [0.2, 0.25) is 11.8 Å². The summed E-state index contributed by atoms with van der Waals surface area (Å²) >= 11 is 0. The number of quaternary nitrogens is 1. The number of nitrogens with one attached hydrogen (secondary N) is 4. The molecule has 0 radical (unpaired) electrons. The molecule has 39 heavy (non-hydrogen) atoms. The lowest BCUT2D eigenvalue weighted by molar-refractivity contribution is -0.604. The summed E-state index contributed by atoms with van der Waals surface area (Å²) in [6, 6.07) is 10.6. The van der Waals surface area contributed by atoms with Crippen molar-refractivity contribution in [3.8, 4) is 6.07 Å². The summed E-state index contributed by atoms with van der Waals surface area (Å²) in [5, 5.41) is 23.6. The topological polar surface area (TPSA) is 167 Å². The zero-order valence-electron chi connectivity index (χ0n) is 21.7. The largest absolute Gasteiger partial charge is 0.341 e. The van der Waals surface area contributed by atoms with Crippen LogP contribution in [-0.4, -0.2) is 57.1 Å². The molecule has 2 saturated heterocycles. The molecule has 3 aliphatic rings. The van der Waals surface area contributed by atoms with Gasteiger partial charge in [-0.1, -0.05) is 17.7 Å². The molecule has 0 bridgehead atoms. The number of H-pyrrole nitrogens is 1. The van der Waals surface area contributed by atoms with E-state index in [4.69, 9.17) is 4.98 Å². The molecule has 0 unspecified atom stereocenters. The van der Waals surface area contributed by atoms with E-state index in [9.17, 15) is 10.1 Å². The van der Waals surface area contributed by atoms with Gasteiger partial charge in [-0.2, -0.15) is 20.9 Å². The molecule has 3 aromatic rings. The van der Waals surface area contributed by atoms with E-state index in [1.807, 2.05) is 17.6 Å². The lowest BCUT2D eigenvalue weighted by atomic mass is 9.93. The van der Waals surface area contributed by atoms with Crippen molar-refractivity contribution in [3.05, 3.63) is 46.4 Å². The van der Waals surface area contributed by atoms with Crippen LogP contribution in [0.15, 0.2) is 40.4 Å². The molecule has 5 heterocycles. The molecular weight excluding hydrogens is 496 g/mol. The highest BCUT2D eigenvalue weighted by Crippen LogP contribution is 2.27. The van der Waals surface area contributed by atoms with Crippen LogP contribution in [0, 0.1) is 23.2 Å². The molecule has 0 spiro atoms. The first kappa shape index (κ1) is 25.2. The van der Waals surface area contributed by atoms with Gasteiger partial charge in [-0.3, -0.25) is 9.69 Å². The minimum absolute atomic E-state index is 0.0642. The van der Waals surface area contributed by atoms with Gasteiger partial charge in [0.05, 0.1) is 12.3 Å². The molecule has 6 N–H and O–H groups in total. The number of benzene rings is 1. The second-order valence-corrected chi connectivity index (χ2v) is 10.5. The first-order chi connectivity index (χ1) is 19.1. The molecule has 0 amide bonds. The number of anilines is 3. The SMILES string of the molecule is N#CC1CCN(c2nc(Nc3ccc(CN4CCC(CC5=NNN[NH2+]5)CC4)cc3)c3c(=O)[nH]ncc3n2)CC1. The van der Waals surface area contributed by atoms with E-state index < -0.39 is 0 Å². The summed E-state index contributed by atoms with van der Waals surface area (Å²) in [5.41, 5.74) is 9.89. The fourth-order valence-electron chi connectivity index (χ4n) is 5.52. The number of fused-ring (bicyclic) bond motifs is 1. The Morgan fingerprint density at radius 1 is 1.08 bits per heavy atom. The molecule has 13 nitrogen and oxygen atoms in total. The molecule has 0 aliphatic carbocycles. The monoisotopic (exact) mass is 529 g/mol. The van der Waals surface area contributed by atoms with Gasteiger partial charge < -0.3 is 10.2 Å². The van der Waals surface area contributed by atoms with Gasteiger partial charge in [0.1, 0.15) is 16.7 Å². The molecule has 13 heteroatoms. The number of amidine groups is 1. The van der Waals surface area contributed by atoms with Crippen LogP contribution in [0.3, 0.4) is 0 Å². The van der Waals surface area contributed by atoms with Crippen molar-refractivity contribution >= 4 is 34.2 Å². The van der Waals surface area contributed by atoms with Crippen molar-refractivity contribution in [2.75, 3.05) is 36.4 Å². The average molecular weight is 530 g/mol. The Balaban J connectivity index is 1.12. The predicted molar refractivity (Wildman–Crippen MR) is 146 cm³/mol. The Bertz CT molecular complexity index is 1430. The molecule has 2 fully saturated rings. The molecule has 3 aliphatic heterocycles. The number of piperidine rings is 2. The third-order valence-corrected chi connectivity index (χ3v) is 7.80. The fraction of sp³-hybridized carbons (Fsp3) is 0.462. The normalized spacial score (nSPS) is 19.1. The van der Waals surface area contributed by atoms with E-state index in [1.165, 1.54) is 18.4 Å². The summed E-state index contributed by atoms with van der Waals surface area (Å²) in [6.07, 6.45) is 6.46. The number of nitrogens with zero attached hydrogens (tertiary/aromatic N) is 7. The van der Waals surface area contributed by atoms with Crippen LogP contribution in [0.25, 0.3) is 10.9 Å². The number of likely N-dealkylation sites (tertiary alicyclic amines) is 1. The van der Waals surface area contributed by atoms with Gasteiger partial charge in [0.25, 0.3) is 5.56 Å². The Morgan fingerprint density at radius 2 is 1.87 bits per heavy atom. The summed E-state index contributed by atoms with van der Waals surface area (Å²) in [5.74, 6) is 2.83. The van der Waals surface area contributed by atoms with E-state index in [2.05, 4.69) is 64.7 Å². The molecule has 1 aromatic carbocycles. The van der Waals surface area contributed by atoms with Crippen molar-refractivity contribution in [1.82, 2.24) is 36.1 Å². The molecule has 0 saturated carbocycles. The molecule has 202 valence electrons.